The number of nitrogens with one attached hydrogen (secondary N) is 1. The molecule has 3 fully saturated rings. The van der Waals surface area contributed by atoms with E-state index in [9.17, 15) is 0 Å². The third-order valence-corrected chi connectivity index (χ3v) is 5.46. The Morgan fingerprint density at radius 1 is 1.23 bits per heavy atom. The van der Waals surface area contributed by atoms with Gasteiger partial charge in [-0.15, -0.1) is 0 Å². The fourth-order valence-corrected chi connectivity index (χ4v) is 3.75. The lowest BCUT2D eigenvalue weighted by atomic mass is 10.0. The molecule has 1 aromatic carbocycles. The third kappa shape index (κ3) is 3.27. The van der Waals surface area contributed by atoms with Crippen LogP contribution in [0.3, 0.4) is 0 Å². The van der Waals surface area contributed by atoms with Gasteiger partial charge in [0.2, 0.25) is 12.2 Å². The highest BCUT2D eigenvalue weighted by Crippen LogP contribution is 2.38. The van der Waals surface area contributed by atoms with Gasteiger partial charge in [0.05, 0.1) is 12.6 Å². The average Bonchev–Trinajstić information content (AvgIpc) is 3.55. The monoisotopic (exact) mass is 352 g/mol. The Hall–Kier alpha value is -2.18. The Labute approximate surface area is 153 Å². The summed E-state index contributed by atoms with van der Waals surface area (Å²) in [6.45, 7) is 2.85. The summed E-state index contributed by atoms with van der Waals surface area (Å²) in [5, 5.41) is 3.46. The van der Waals surface area contributed by atoms with Gasteiger partial charge in [-0.25, -0.2) is 4.98 Å². The molecule has 0 bridgehead atoms. The van der Waals surface area contributed by atoms with Crippen LogP contribution in [0, 0.1) is 5.92 Å². The van der Waals surface area contributed by atoms with Crippen molar-refractivity contribution in [3.63, 3.8) is 0 Å². The molecule has 26 heavy (non-hydrogen) atoms. The molecular weight excluding hydrogens is 328 g/mol. The van der Waals surface area contributed by atoms with Gasteiger partial charge in [-0.05, 0) is 43.7 Å². The number of hydrogen-bond donors (Lipinski definition) is 1. The summed E-state index contributed by atoms with van der Waals surface area (Å²) >= 11 is 0. The van der Waals surface area contributed by atoms with Crippen LogP contribution in [0.1, 0.15) is 25.3 Å². The maximum absolute atomic E-state index is 5.80. The molecule has 0 radical (unpaired) electrons. The Morgan fingerprint density at radius 3 is 2.88 bits per heavy atom. The number of aromatic nitrogens is 2. The summed E-state index contributed by atoms with van der Waals surface area (Å²) < 4.78 is 11.5. The van der Waals surface area contributed by atoms with Gasteiger partial charge in [0.1, 0.15) is 5.82 Å². The largest absolute Gasteiger partial charge is 0.351 e. The fraction of sp³-hybridized carbons (Fsp3) is 0.500. The standard InChI is InChI=1S/C20H24N4O2/c1-13(15-7-8-15)22-20-21-10-9-17(23-20)24-16(12-25-19-18(24)26-19)11-14-5-3-2-4-6-14/h2-6,9-10,13,15-16,18-19H,7-8,11-12H2,1H3,(H,21,22,23)/t13-,16-,18?,19?/m0/s1. The first-order chi connectivity index (χ1) is 12.8. The van der Waals surface area contributed by atoms with Crippen molar-refractivity contribution in [2.45, 2.75) is 50.8 Å². The van der Waals surface area contributed by atoms with Crippen LogP contribution < -0.4 is 10.2 Å². The lowest BCUT2D eigenvalue weighted by Gasteiger charge is -2.34. The summed E-state index contributed by atoms with van der Waals surface area (Å²) in [5.74, 6) is 2.36. The van der Waals surface area contributed by atoms with Crippen LogP contribution >= 0.6 is 0 Å². The zero-order valence-electron chi connectivity index (χ0n) is 14.9. The van der Waals surface area contributed by atoms with Crippen LogP contribution in [0.25, 0.3) is 0 Å². The molecule has 4 atom stereocenters. The van der Waals surface area contributed by atoms with E-state index in [0.717, 1.165) is 18.2 Å². The molecule has 2 unspecified atom stereocenters. The zero-order valence-corrected chi connectivity index (χ0v) is 14.9. The van der Waals surface area contributed by atoms with Gasteiger partial charge in [-0.1, -0.05) is 30.3 Å². The van der Waals surface area contributed by atoms with Crippen molar-refractivity contribution >= 4 is 11.8 Å². The van der Waals surface area contributed by atoms with Crippen molar-refractivity contribution in [2.24, 2.45) is 5.92 Å². The van der Waals surface area contributed by atoms with E-state index in [0.29, 0.717) is 18.6 Å². The van der Waals surface area contributed by atoms with Gasteiger partial charge in [0.15, 0.2) is 6.23 Å². The first-order valence-corrected chi connectivity index (χ1v) is 9.47. The molecule has 2 aliphatic heterocycles. The Balaban J connectivity index is 1.37. The van der Waals surface area contributed by atoms with Crippen LogP contribution in [0.4, 0.5) is 11.8 Å². The molecule has 5 rings (SSSR count). The first-order valence-electron chi connectivity index (χ1n) is 9.47. The Kier molecular flexibility index (Phi) is 4.02. The van der Waals surface area contributed by atoms with E-state index in [-0.39, 0.29) is 18.6 Å². The van der Waals surface area contributed by atoms with Crippen LogP contribution in [-0.2, 0) is 15.9 Å². The van der Waals surface area contributed by atoms with Crippen molar-refractivity contribution in [2.75, 3.05) is 16.8 Å². The van der Waals surface area contributed by atoms with E-state index >= 15 is 0 Å². The van der Waals surface area contributed by atoms with E-state index in [1.165, 1.54) is 18.4 Å². The zero-order chi connectivity index (χ0) is 17.5. The van der Waals surface area contributed by atoms with Crippen LogP contribution in [0.5, 0.6) is 0 Å². The molecule has 1 aliphatic carbocycles. The summed E-state index contributed by atoms with van der Waals surface area (Å²) in [6.07, 6.45) is 5.16. The SMILES string of the molecule is C[C@H](Nc1nccc(N2C3OC3OC[C@@H]2Cc2ccccc2)n1)C1CC1. The molecule has 1 N–H and O–H groups in total. The van der Waals surface area contributed by atoms with E-state index < -0.39 is 0 Å². The normalized spacial score (nSPS) is 28.3. The number of fused-ring (bicyclic) bond motifs is 1. The Bertz CT molecular complexity index is 767. The average molecular weight is 352 g/mol. The van der Waals surface area contributed by atoms with Gasteiger partial charge in [-0.2, -0.15) is 4.98 Å². The van der Waals surface area contributed by atoms with Crippen molar-refractivity contribution in [1.29, 1.82) is 0 Å². The summed E-state index contributed by atoms with van der Waals surface area (Å²) in [6, 6.07) is 13.1. The molecule has 3 aliphatic rings. The minimum absolute atomic E-state index is 0.0407. The number of epoxide rings is 1. The van der Waals surface area contributed by atoms with E-state index in [1.54, 1.807) is 0 Å². The van der Waals surface area contributed by atoms with Crippen LogP contribution in [-0.4, -0.2) is 41.2 Å². The summed E-state index contributed by atoms with van der Waals surface area (Å²) in [5.41, 5.74) is 1.29. The minimum atomic E-state index is -0.126. The maximum atomic E-state index is 5.80. The molecule has 1 saturated carbocycles. The minimum Gasteiger partial charge on any atom is -0.351 e. The van der Waals surface area contributed by atoms with Crippen molar-refractivity contribution in [3.05, 3.63) is 48.2 Å². The molecule has 1 aromatic heterocycles. The number of hydrogen-bond acceptors (Lipinski definition) is 6. The summed E-state index contributed by atoms with van der Waals surface area (Å²) in [4.78, 5) is 11.5. The molecule has 3 heterocycles. The second kappa shape index (κ2) is 6.52. The molecule has 6 nitrogen and oxygen atoms in total. The molecule has 136 valence electrons. The highest BCUT2D eigenvalue weighted by molar-refractivity contribution is 5.47. The smallest absolute Gasteiger partial charge is 0.224 e. The van der Waals surface area contributed by atoms with E-state index in [4.69, 9.17) is 14.5 Å². The summed E-state index contributed by atoms with van der Waals surface area (Å²) in [7, 11) is 0. The van der Waals surface area contributed by atoms with Gasteiger partial charge in [0, 0.05) is 12.2 Å². The van der Waals surface area contributed by atoms with Crippen molar-refractivity contribution in [1.82, 2.24) is 9.97 Å². The molecule has 0 amide bonds. The van der Waals surface area contributed by atoms with E-state index in [1.807, 2.05) is 18.3 Å². The van der Waals surface area contributed by atoms with Crippen LogP contribution in [0.2, 0.25) is 0 Å². The molecule has 2 saturated heterocycles. The number of rotatable bonds is 6. The van der Waals surface area contributed by atoms with Gasteiger partial charge in [0.25, 0.3) is 0 Å². The lowest BCUT2D eigenvalue weighted by molar-refractivity contribution is 0.0370. The highest BCUT2D eigenvalue weighted by atomic mass is 16.8. The van der Waals surface area contributed by atoms with Gasteiger partial charge in [-0.3, -0.25) is 0 Å². The quantitative estimate of drug-likeness (QED) is 0.807. The predicted molar refractivity (Wildman–Crippen MR) is 98.9 cm³/mol. The number of morpholine rings is 1. The van der Waals surface area contributed by atoms with E-state index in [2.05, 4.69) is 46.4 Å². The van der Waals surface area contributed by atoms with Crippen molar-refractivity contribution in [3.8, 4) is 0 Å². The molecule has 2 aromatic rings. The van der Waals surface area contributed by atoms with Gasteiger partial charge < -0.3 is 19.7 Å². The fourth-order valence-electron chi connectivity index (χ4n) is 3.75. The lowest BCUT2D eigenvalue weighted by Crippen LogP contribution is -2.47. The third-order valence-electron chi connectivity index (χ3n) is 5.46. The number of ether oxygens (including phenoxy) is 2. The van der Waals surface area contributed by atoms with Crippen molar-refractivity contribution < 1.29 is 9.47 Å². The van der Waals surface area contributed by atoms with Gasteiger partial charge >= 0.3 is 0 Å². The molecule has 6 heteroatoms. The molecule has 0 spiro atoms. The predicted octanol–water partition coefficient (Wildman–Crippen LogP) is 2.82. The second-order valence-corrected chi connectivity index (χ2v) is 7.49. The highest BCUT2D eigenvalue weighted by Gasteiger charge is 2.52. The van der Waals surface area contributed by atoms with Crippen LogP contribution in [0.15, 0.2) is 42.6 Å². The topological polar surface area (TPSA) is 62.8 Å². The maximum Gasteiger partial charge on any atom is 0.224 e. The molecular formula is C20H24N4O2. The second-order valence-electron chi connectivity index (χ2n) is 7.49. The Morgan fingerprint density at radius 2 is 2.08 bits per heavy atom. The number of benzene rings is 1. The first kappa shape index (κ1) is 16.0. The number of nitrogens with zero attached hydrogens (tertiary/aromatic N) is 3. The number of anilines is 2.